The number of sulfonamides is 1. The predicted molar refractivity (Wildman–Crippen MR) is 99.1 cm³/mol. The number of fused-ring (bicyclic) bond motifs is 1. The van der Waals surface area contributed by atoms with E-state index < -0.39 is 10.0 Å². The third-order valence-corrected chi connectivity index (χ3v) is 6.67. The standard InChI is InChI=1S/C18H25N3O3S/c1-2-3-13-25(23,24)21-10-6-9-20(11-12-21)18(22)16-14-19-17-8-5-4-7-15(16)17/h4-5,7-8,14,19H,2-3,6,9-13H2,1H3. The van der Waals surface area contributed by atoms with Crippen molar-refractivity contribution >= 4 is 26.8 Å². The highest BCUT2D eigenvalue weighted by Crippen LogP contribution is 2.20. The van der Waals surface area contributed by atoms with Crippen molar-refractivity contribution < 1.29 is 13.2 Å². The molecule has 7 heteroatoms. The molecule has 0 atom stereocenters. The molecular formula is C18H25N3O3S. The first-order valence-electron chi connectivity index (χ1n) is 8.86. The number of hydrogen-bond donors (Lipinski definition) is 1. The van der Waals surface area contributed by atoms with Gasteiger partial charge in [0.25, 0.3) is 5.91 Å². The van der Waals surface area contributed by atoms with E-state index in [1.54, 1.807) is 15.4 Å². The minimum absolute atomic E-state index is 0.0368. The molecule has 136 valence electrons. The first kappa shape index (κ1) is 17.9. The van der Waals surface area contributed by atoms with E-state index in [2.05, 4.69) is 4.98 Å². The fourth-order valence-corrected chi connectivity index (χ4v) is 4.93. The fraction of sp³-hybridized carbons (Fsp3) is 0.500. The highest BCUT2D eigenvalue weighted by Gasteiger charge is 2.27. The Morgan fingerprint density at radius 2 is 1.96 bits per heavy atom. The van der Waals surface area contributed by atoms with E-state index in [-0.39, 0.29) is 11.7 Å². The zero-order valence-corrected chi connectivity index (χ0v) is 15.4. The van der Waals surface area contributed by atoms with Crippen LogP contribution in [-0.4, -0.2) is 60.4 Å². The molecule has 1 amide bonds. The average molecular weight is 363 g/mol. The molecule has 1 aromatic heterocycles. The Morgan fingerprint density at radius 1 is 1.16 bits per heavy atom. The summed E-state index contributed by atoms with van der Waals surface area (Å²) in [6.07, 6.45) is 3.95. The molecule has 1 saturated heterocycles. The van der Waals surface area contributed by atoms with E-state index >= 15 is 0 Å². The average Bonchev–Trinajstić information content (AvgIpc) is 2.87. The topological polar surface area (TPSA) is 73.5 Å². The van der Waals surface area contributed by atoms with Crippen molar-refractivity contribution in [2.24, 2.45) is 0 Å². The van der Waals surface area contributed by atoms with Gasteiger partial charge in [-0.25, -0.2) is 12.7 Å². The van der Waals surface area contributed by atoms with Gasteiger partial charge in [-0.3, -0.25) is 4.79 Å². The molecule has 1 N–H and O–H groups in total. The molecule has 0 radical (unpaired) electrons. The minimum atomic E-state index is -3.22. The number of aromatic amines is 1. The van der Waals surface area contributed by atoms with E-state index in [1.807, 2.05) is 31.2 Å². The van der Waals surface area contributed by atoms with Crippen LogP contribution in [0, 0.1) is 0 Å². The summed E-state index contributed by atoms with van der Waals surface area (Å²) in [5.41, 5.74) is 1.59. The number of nitrogens with one attached hydrogen (secondary N) is 1. The lowest BCUT2D eigenvalue weighted by Gasteiger charge is -2.21. The maximum atomic E-state index is 12.9. The second-order valence-electron chi connectivity index (χ2n) is 6.46. The Hall–Kier alpha value is -1.86. The van der Waals surface area contributed by atoms with Gasteiger partial charge < -0.3 is 9.88 Å². The molecule has 6 nitrogen and oxygen atoms in total. The number of hydrogen-bond acceptors (Lipinski definition) is 3. The second-order valence-corrected chi connectivity index (χ2v) is 8.55. The summed E-state index contributed by atoms with van der Waals surface area (Å²) in [6, 6.07) is 7.71. The number of H-pyrrole nitrogens is 1. The molecule has 1 aliphatic rings. The normalized spacial score (nSPS) is 16.9. The minimum Gasteiger partial charge on any atom is -0.360 e. The summed E-state index contributed by atoms with van der Waals surface area (Å²) < 4.78 is 26.3. The van der Waals surface area contributed by atoms with Crippen LogP contribution in [0.2, 0.25) is 0 Å². The van der Waals surface area contributed by atoms with E-state index in [0.717, 1.165) is 17.3 Å². The van der Waals surface area contributed by atoms with Crippen LogP contribution >= 0.6 is 0 Å². The summed E-state index contributed by atoms with van der Waals surface area (Å²) in [5, 5.41) is 0.907. The largest absolute Gasteiger partial charge is 0.360 e. The van der Waals surface area contributed by atoms with E-state index in [4.69, 9.17) is 0 Å². The van der Waals surface area contributed by atoms with Gasteiger partial charge >= 0.3 is 0 Å². The molecule has 1 aromatic carbocycles. The SMILES string of the molecule is CCCCS(=O)(=O)N1CCCN(C(=O)c2c[nH]c3ccccc23)CC1. The van der Waals surface area contributed by atoms with Crippen LogP contribution in [0.15, 0.2) is 30.5 Å². The Balaban J connectivity index is 1.72. The van der Waals surface area contributed by atoms with E-state index in [1.165, 1.54) is 0 Å². The highest BCUT2D eigenvalue weighted by atomic mass is 32.2. The van der Waals surface area contributed by atoms with Gasteiger partial charge in [0.15, 0.2) is 0 Å². The van der Waals surface area contributed by atoms with Crippen molar-refractivity contribution in [1.82, 2.24) is 14.2 Å². The first-order chi connectivity index (χ1) is 12.0. The molecule has 0 aliphatic carbocycles. The van der Waals surface area contributed by atoms with Gasteiger partial charge in [-0.05, 0) is 18.9 Å². The van der Waals surface area contributed by atoms with Crippen LogP contribution < -0.4 is 0 Å². The quantitative estimate of drug-likeness (QED) is 0.887. The zero-order valence-electron chi connectivity index (χ0n) is 14.6. The number of carbonyl (C=O) groups is 1. The molecule has 1 fully saturated rings. The van der Waals surface area contributed by atoms with Gasteiger partial charge in [0, 0.05) is 43.3 Å². The van der Waals surface area contributed by atoms with Gasteiger partial charge in [-0.15, -0.1) is 0 Å². The number of aromatic nitrogens is 1. The lowest BCUT2D eigenvalue weighted by molar-refractivity contribution is 0.0766. The van der Waals surface area contributed by atoms with Gasteiger partial charge in [0.1, 0.15) is 0 Å². The number of amides is 1. The van der Waals surface area contributed by atoms with E-state index in [9.17, 15) is 13.2 Å². The van der Waals surface area contributed by atoms with Crippen LogP contribution in [0.5, 0.6) is 0 Å². The second kappa shape index (κ2) is 7.58. The zero-order chi connectivity index (χ0) is 17.9. The van der Waals surface area contributed by atoms with Gasteiger partial charge in [-0.1, -0.05) is 31.5 Å². The maximum Gasteiger partial charge on any atom is 0.256 e. The molecule has 3 rings (SSSR count). The van der Waals surface area contributed by atoms with Gasteiger partial charge in [0.05, 0.1) is 11.3 Å². The summed E-state index contributed by atoms with van der Waals surface area (Å²) in [5.74, 6) is 0.158. The number of nitrogens with zero attached hydrogens (tertiary/aromatic N) is 2. The van der Waals surface area contributed by atoms with Crippen LogP contribution in [0.3, 0.4) is 0 Å². The molecule has 0 spiro atoms. The Kier molecular flexibility index (Phi) is 5.44. The van der Waals surface area contributed by atoms with Gasteiger partial charge in [0.2, 0.25) is 10.0 Å². The van der Waals surface area contributed by atoms with Crippen molar-refractivity contribution in [2.75, 3.05) is 31.9 Å². The third kappa shape index (κ3) is 3.88. The van der Waals surface area contributed by atoms with Crippen LogP contribution in [-0.2, 0) is 10.0 Å². The number of rotatable bonds is 5. The fourth-order valence-electron chi connectivity index (χ4n) is 3.25. The molecule has 2 heterocycles. The maximum absolute atomic E-state index is 12.9. The van der Waals surface area contributed by atoms with Crippen molar-refractivity contribution in [2.45, 2.75) is 26.2 Å². The molecule has 1 aliphatic heterocycles. The van der Waals surface area contributed by atoms with E-state index in [0.29, 0.717) is 44.6 Å². The number of benzene rings is 1. The predicted octanol–water partition coefficient (Wildman–Crippen LogP) is 2.45. The van der Waals surface area contributed by atoms with Gasteiger partial charge in [-0.2, -0.15) is 0 Å². The molecule has 0 bridgehead atoms. The summed E-state index contributed by atoms with van der Waals surface area (Å²) >= 11 is 0. The smallest absolute Gasteiger partial charge is 0.256 e. The van der Waals surface area contributed by atoms with Crippen molar-refractivity contribution in [3.63, 3.8) is 0 Å². The summed E-state index contributed by atoms with van der Waals surface area (Å²) in [4.78, 5) is 17.8. The first-order valence-corrected chi connectivity index (χ1v) is 10.5. The molecule has 25 heavy (non-hydrogen) atoms. The van der Waals surface area contributed by atoms with Crippen molar-refractivity contribution in [3.05, 3.63) is 36.0 Å². The van der Waals surface area contributed by atoms with Crippen LogP contribution in [0.4, 0.5) is 0 Å². The lowest BCUT2D eigenvalue weighted by atomic mass is 10.1. The highest BCUT2D eigenvalue weighted by molar-refractivity contribution is 7.89. The molecule has 0 unspecified atom stereocenters. The van der Waals surface area contributed by atoms with Crippen molar-refractivity contribution in [1.29, 1.82) is 0 Å². The summed E-state index contributed by atoms with van der Waals surface area (Å²) in [7, 11) is -3.22. The molecule has 0 saturated carbocycles. The number of para-hydroxylation sites is 1. The van der Waals surface area contributed by atoms with Crippen LogP contribution in [0.1, 0.15) is 36.5 Å². The Labute approximate surface area is 148 Å². The molecular weight excluding hydrogens is 338 g/mol. The summed E-state index contributed by atoms with van der Waals surface area (Å²) in [6.45, 7) is 3.87. The number of carbonyl (C=O) groups excluding carboxylic acids is 1. The Morgan fingerprint density at radius 3 is 2.76 bits per heavy atom. The molecule has 2 aromatic rings. The lowest BCUT2D eigenvalue weighted by Crippen LogP contribution is -2.38. The third-order valence-electron chi connectivity index (χ3n) is 4.71. The monoisotopic (exact) mass is 363 g/mol. The van der Waals surface area contributed by atoms with Crippen LogP contribution in [0.25, 0.3) is 10.9 Å². The Bertz CT molecular complexity index is 844. The number of unbranched alkanes of at least 4 members (excludes halogenated alkanes) is 1. The van der Waals surface area contributed by atoms with Crippen molar-refractivity contribution in [3.8, 4) is 0 Å².